The van der Waals surface area contributed by atoms with Gasteiger partial charge in [-0.3, -0.25) is 4.79 Å². The standard InChI is InChI=1S/C15H22O3S/c1-11(2)7-8-19(17,18)10-15(16)14-6-5-12(3)13(4)9-14/h5-6,9,11H,7-8,10H2,1-4H3. The van der Waals surface area contributed by atoms with E-state index in [0.717, 1.165) is 11.1 Å². The average Bonchev–Trinajstić information content (AvgIpc) is 2.29. The van der Waals surface area contributed by atoms with Gasteiger partial charge in [0.25, 0.3) is 0 Å². The summed E-state index contributed by atoms with van der Waals surface area (Å²) in [7, 11) is -3.30. The van der Waals surface area contributed by atoms with Crippen LogP contribution >= 0.6 is 0 Å². The summed E-state index contributed by atoms with van der Waals surface area (Å²) in [6.45, 7) is 7.82. The Hall–Kier alpha value is -1.16. The van der Waals surface area contributed by atoms with Crippen molar-refractivity contribution in [2.24, 2.45) is 5.92 Å². The molecular weight excluding hydrogens is 260 g/mol. The van der Waals surface area contributed by atoms with Gasteiger partial charge in [-0.25, -0.2) is 8.42 Å². The van der Waals surface area contributed by atoms with Gasteiger partial charge < -0.3 is 0 Å². The molecule has 0 heterocycles. The molecule has 0 atom stereocenters. The molecule has 1 aromatic rings. The summed E-state index contributed by atoms with van der Waals surface area (Å²) in [6.07, 6.45) is 0.600. The monoisotopic (exact) mass is 282 g/mol. The smallest absolute Gasteiger partial charge is 0.177 e. The average molecular weight is 282 g/mol. The number of hydrogen-bond donors (Lipinski definition) is 0. The summed E-state index contributed by atoms with van der Waals surface area (Å²) < 4.78 is 23.7. The van der Waals surface area contributed by atoms with E-state index in [1.807, 2.05) is 33.8 Å². The molecule has 0 aliphatic heterocycles. The van der Waals surface area contributed by atoms with E-state index in [9.17, 15) is 13.2 Å². The predicted molar refractivity (Wildman–Crippen MR) is 78.4 cm³/mol. The molecule has 1 rings (SSSR count). The van der Waals surface area contributed by atoms with Gasteiger partial charge in [-0.1, -0.05) is 26.0 Å². The van der Waals surface area contributed by atoms with Crippen molar-refractivity contribution in [3.8, 4) is 0 Å². The molecule has 1 aromatic carbocycles. The molecule has 19 heavy (non-hydrogen) atoms. The molecule has 4 heteroatoms. The maximum atomic E-state index is 12.0. The summed E-state index contributed by atoms with van der Waals surface area (Å²) in [6, 6.07) is 5.31. The lowest BCUT2D eigenvalue weighted by molar-refractivity contribution is 0.102. The Morgan fingerprint density at radius 3 is 2.32 bits per heavy atom. The number of carbonyl (C=O) groups is 1. The zero-order valence-corrected chi connectivity index (χ0v) is 12.9. The molecule has 0 aliphatic rings. The predicted octanol–water partition coefficient (Wildman–Crippen LogP) is 2.95. The maximum Gasteiger partial charge on any atom is 0.177 e. The highest BCUT2D eigenvalue weighted by Gasteiger charge is 2.18. The van der Waals surface area contributed by atoms with Crippen LogP contribution in [0.25, 0.3) is 0 Å². The van der Waals surface area contributed by atoms with Gasteiger partial charge in [0.1, 0.15) is 5.75 Å². The normalized spacial score (nSPS) is 11.8. The van der Waals surface area contributed by atoms with E-state index in [2.05, 4.69) is 0 Å². The van der Waals surface area contributed by atoms with E-state index in [1.165, 1.54) is 0 Å². The first-order valence-electron chi connectivity index (χ1n) is 6.52. The number of rotatable bonds is 6. The highest BCUT2D eigenvalue weighted by Crippen LogP contribution is 2.12. The number of Topliss-reactive ketones (excluding diaryl/α,β-unsaturated/α-hetero) is 1. The first-order valence-corrected chi connectivity index (χ1v) is 8.34. The Bertz CT molecular complexity index is 557. The fourth-order valence-corrected chi connectivity index (χ4v) is 3.23. The van der Waals surface area contributed by atoms with E-state index in [-0.39, 0.29) is 17.3 Å². The molecule has 0 radical (unpaired) electrons. The molecule has 0 fully saturated rings. The van der Waals surface area contributed by atoms with Crippen LogP contribution in [-0.2, 0) is 9.84 Å². The first kappa shape index (κ1) is 15.9. The van der Waals surface area contributed by atoms with Gasteiger partial charge in [0.2, 0.25) is 0 Å². The molecule has 0 unspecified atom stereocenters. The molecule has 0 N–H and O–H groups in total. The van der Waals surface area contributed by atoms with Crippen molar-refractivity contribution in [3.05, 3.63) is 34.9 Å². The number of benzene rings is 1. The fourth-order valence-electron chi connectivity index (χ4n) is 1.69. The minimum atomic E-state index is -3.30. The van der Waals surface area contributed by atoms with Crippen LogP contribution in [0, 0.1) is 19.8 Å². The Morgan fingerprint density at radius 1 is 1.16 bits per heavy atom. The van der Waals surface area contributed by atoms with Crippen molar-refractivity contribution in [1.29, 1.82) is 0 Å². The summed E-state index contributed by atoms with van der Waals surface area (Å²) in [4.78, 5) is 12.0. The maximum absolute atomic E-state index is 12.0. The Morgan fingerprint density at radius 2 is 1.79 bits per heavy atom. The molecule has 0 amide bonds. The van der Waals surface area contributed by atoms with Crippen molar-refractivity contribution in [3.63, 3.8) is 0 Å². The molecular formula is C15H22O3S. The number of aryl methyl sites for hydroxylation is 2. The Labute approximate surface area is 116 Å². The Kier molecular flexibility index (Phi) is 5.29. The topological polar surface area (TPSA) is 51.2 Å². The van der Waals surface area contributed by atoms with Gasteiger partial charge in [-0.15, -0.1) is 0 Å². The van der Waals surface area contributed by atoms with Crippen molar-refractivity contribution in [2.75, 3.05) is 11.5 Å². The van der Waals surface area contributed by atoms with Crippen LogP contribution < -0.4 is 0 Å². The molecule has 106 valence electrons. The van der Waals surface area contributed by atoms with E-state index in [1.54, 1.807) is 12.1 Å². The first-order chi connectivity index (χ1) is 8.71. The van der Waals surface area contributed by atoms with Gasteiger partial charge in [-0.2, -0.15) is 0 Å². The van der Waals surface area contributed by atoms with Crippen molar-refractivity contribution < 1.29 is 13.2 Å². The van der Waals surface area contributed by atoms with Crippen molar-refractivity contribution in [2.45, 2.75) is 34.1 Å². The third-order valence-electron chi connectivity index (χ3n) is 3.19. The summed E-state index contributed by atoms with van der Waals surface area (Å²) >= 11 is 0. The second kappa shape index (κ2) is 6.33. The summed E-state index contributed by atoms with van der Waals surface area (Å²) in [5, 5.41) is 0. The van der Waals surface area contributed by atoms with Crippen LogP contribution in [0.4, 0.5) is 0 Å². The van der Waals surface area contributed by atoms with Crippen molar-refractivity contribution in [1.82, 2.24) is 0 Å². The number of carbonyl (C=O) groups excluding carboxylic acids is 1. The lowest BCUT2D eigenvalue weighted by Gasteiger charge is -2.07. The fraction of sp³-hybridized carbons (Fsp3) is 0.533. The SMILES string of the molecule is Cc1ccc(C(=O)CS(=O)(=O)CCC(C)C)cc1C. The zero-order chi connectivity index (χ0) is 14.6. The van der Waals surface area contributed by atoms with Gasteiger partial charge >= 0.3 is 0 Å². The molecule has 0 saturated carbocycles. The summed E-state index contributed by atoms with van der Waals surface area (Å²) in [5.74, 6) is -0.290. The molecule has 0 bridgehead atoms. The quantitative estimate of drug-likeness (QED) is 0.754. The largest absolute Gasteiger partial charge is 0.293 e. The number of sulfone groups is 1. The second-order valence-corrected chi connectivity index (χ2v) is 7.68. The van der Waals surface area contributed by atoms with Crippen LogP contribution in [0.5, 0.6) is 0 Å². The van der Waals surface area contributed by atoms with E-state index < -0.39 is 9.84 Å². The highest BCUT2D eigenvalue weighted by atomic mass is 32.2. The highest BCUT2D eigenvalue weighted by molar-refractivity contribution is 7.92. The third-order valence-corrected chi connectivity index (χ3v) is 4.75. The number of hydrogen-bond acceptors (Lipinski definition) is 3. The van der Waals surface area contributed by atoms with Gasteiger partial charge in [0, 0.05) is 5.56 Å². The molecule has 3 nitrogen and oxygen atoms in total. The van der Waals surface area contributed by atoms with Crippen LogP contribution in [0.1, 0.15) is 41.8 Å². The van der Waals surface area contributed by atoms with Crippen LogP contribution in [0.3, 0.4) is 0 Å². The molecule has 0 saturated heterocycles. The van der Waals surface area contributed by atoms with Crippen LogP contribution in [0.2, 0.25) is 0 Å². The summed E-state index contributed by atoms with van der Waals surface area (Å²) in [5.41, 5.74) is 2.58. The zero-order valence-electron chi connectivity index (χ0n) is 12.1. The van der Waals surface area contributed by atoms with Gasteiger partial charge in [0.05, 0.1) is 5.75 Å². The third kappa shape index (κ3) is 5.15. The van der Waals surface area contributed by atoms with Gasteiger partial charge in [0.15, 0.2) is 15.6 Å². The van der Waals surface area contributed by atoms with E-state index in [4.69, 9.17) is 0 Å². The lowest BCUT2D eigenvalue weighted by Crippen LogP contribution is -2.20. The van der Waals surface area contributed by atoms with Crippen LogP contribution in [-0.4, -0.2) is 25.7 Å². The molecule has 0 aromatic heterocycles. The van der Waals surface area contributed by atoms with Crippen molar-refractivity contribution >= 4 is 15.6 Å². The number of ketones is 1. The molecule has 0 spiro atoms. The Balaban J connectivity index is 2.76. The minimum Gasteiger partial charge on any atom is -0.293 e. The van der Waals surface area contributed by atoms with E-state index >= 15 is 0 Å². The van der Waals surface area contributed by atoms with Crippen LogP contribution in [0.15, 0.2) is 18.2 Å². The van der Waals surface area contributed by atoms with E-state index in [0.29, 0.717) is 17.9 Å². The minimum absolute atomic E-state index is 0.0846. The molecule has 0 aliphatic carbocycles. The lowest BCUT2D eigenvalue weighted by atomic mass is 10.0. The second-order valence-electron chi connectivity index (χ2n) is 5.50. The van der Waals surface area contributed by atoms with Gasteiger partial charge in [-0.05, 0) is 43.4 Å².